The minimum absolute atomic E-state index is 0.0416. The Morgan fingerprint density at radius 3 is 2.31 bits per heavy atom. The Labute approximate surface area is 87.5 Å². The second kappa shape index (κ2) is 3.10. The molecule has 2 rings (SSSR count). The molecule has 0 radical (unpaired) electrons. The van der Waals surface area contributed by atoms with Crippen LogP contribution in [0.1, 0.15) is 25.3 Å². The first-order valence-electron chi connectivity index (χ1n) is 4.65. The van der Waals surface area contributed by atoms with Crippen molar-refractivity contribution < 1.29 is 0 Å². The highest BCUT2D eigenvalue weighted by Gasteiger charge is 2.39. The lowest BCUT2D eigenvalue weighted by Crippen LogP contribution is -2.47. The average Bonchev–Trinajstić information content (AvgIpc) is 2.03. The fourth-order valence-corrected chi connectivity index (χ4v) is 2.47. The van der Waals surface area contributed by atoms with Gasteiger partial charge in [0.1, 0.15) is 0 Å². The van der Waals surface area contributed by atoms with Gasteiger partial charge in [-0.1, -0.05) is 35.0 Å². The van der Waals surface area contributed by atoms with Gasteiger partial charge in [0, 0.05) is 10.0 Å². The molecule has 0 unspecified atom stereocenters. The van der Waals surface area contributed by atoms with Crippen molar-refractivity contribution in [2.75, 3.05) is 0 Å². The largest absolute Gasteiger partial charge is 0.321 e. The summed E-state index contributed by atoms with van der Waals surface area (Å²) in [7, 11) is 0. The van der Waals surface area contributed by atoms with Crippen molar-refractivity contribution in [2.24, 2.45) is 11.7 Å². The Balaban J connectivity index is 2.22. The van der Waals surface area contributed by atoms with Crippen LogP contribution >= 0.6 is 15.9 Å². The SMILES string of the molecule is CC1CC(N)(c2ccc(Br)cc2)C1. The molecule has 0 amide bonds. The Kier molecular flexibility index (Phi) is 2.20. The smallest absolute Gasteiger partial charge is 0.0414 e. The van der Waals surface area contributed by atoms with Gasteiger partial charge in [-0.3, -0.25) is 0 Å². The van der Waals surface area contributed by atoms with E-state index in [9.17, 15) is 0 Å². The highest BCUT2D eigenvalue weighted by Crippen LogP contribution is 2.43. The lowest BCUT2D eigenvalue weighted by atomic mass is 9.66. The Bertz CT molecular complexity index is 298. The van der Waals surface area contributed by atoms with Crippen LogP contribution in [0.25, 0.3) is 0 Å². The van der Waals surface area contributed by atoms with E-state index in [1.807, 2.05) is 0 Å². The van der Waals surface area contributed by atoms with Gasteiger partial charge < -0.3 is 5.73 Å². The first-order valence-corrected chi connectivity index (χ1v) is 5.44. The zero-order valence-electron chi connectivity index (χ0n) is 7.76. The highest BCUT2D eigenvalue weighted by molar-refractivity contribution is 9.10. The second-order valence-corrected chi connectivity index (χ2v) is 5.09. The Morgan fingerprint density at radius 1 is 1.31 bits per heavy atom. The normalized spacial score (nSPS) is 32.7. The number of rotatable bonds is 1. The van der Waals surface area contributed by atoms with Crippen LogP contribution in [0.3, 0.4) is 0 Å². The van der Waals surface area contributed by atoms with Crippen LogP contribution in [-0.2, 0) is 5.54 Å². The van der Waals surface area contributed by atoms with Crippen LogP contribution in [-0.4, -0.2) is 0 Å². The summed E-state index contributed by atoms with van der Waals surface area (Å²) in [5, 5.41) is 0. The summed E-state index contributed by atoms with van der Waals surface area (Å²) in [5.74, 6) is 0.786. The lowest BCUT2D eigenvalue weighted by Gasteiger charge is -2.44. The van der Waals surface area contributed by atoms with E-state index in [0.717, 1.165) is 23.2 Å². The van der Waals surface area contributed by atoms with Crippen molar-refractivity contribution >= 4 is 15.9 Å². The van der Waals surface area contributed by atoms with Crippen LogP contribution in [0.2, 0.25) is 0 Å². The minimum Gasteiger partial charge on any atom is -0.321 e. The van der Waals surface area contributed by atoms with Crippen LogP contribution in [0.15, 0.2) is 28.7 Å². The van der Waals surface area contributed by atoms with Crippen molar-refractivity contribution in [2.45, 2.75) is 25.3 Å². The standard InChI is InChI=1S/C11H14BrN/c1-8-6-11(13,7-8)9-2-4-10(12)5-3-9/h2-5,8H,6-7,13H2,1H3. The Morgan fingerprint density at radius 2 is 1.85 bits per heavy atom. The molecule has 0 atom stereocenters. The van der Waals surface area contributed by atoms with Gasteiger partial charge in [0.05, 0.1) is 0 Å². The maximum absolute atomic E-state index is 6.25. The highest BCUT2D eigenvalue weighted by atomic mass is 79.9. The number of hydrogen-bond acceptors (Lipinski definition) is 1. The quantitative estimate of drug-likeness (QED) is 0.802. The summed E-state index contributed by atoms with van der Waals surface area (Å²) >= 11 is 3.42. The van der Waals surface area contributed by atoms with Crippen LogP contribution in [0.4, 0.5) is 0 Å². The van der Waals surface area contributed by atoms with Gasteiger partial charge in [-0.2, -0.15) is 0 Å². The summed E-state index contributed by atoms with van der Waals surface area (Å²) in [5.41, 5.74) is 7.48. The topological polar surface area (TPSA) is 26.0 Å². The van der Waals surface area contributed by atoms with Crippen molar-refractivity contribution in [3.63, 3.8) is 0 Å². The molecule has 0 heterocycles. The van der Waals surface area contributed by atoms with Crippen LogP contribution in [0, 0.1) is 5.92 Å². The van der Waals surface area contributed by atoms with E-state index in [4.69, 9.17) is 5.73 Å². The molecule has 1 nitrogen and oxygen atoms in total. The third-order valence-electron chi connectivity index (χ3n) is 2.84. The molecular weight excluding hydrogens is 226 g/mol. The molecule has 13 heavy (non-hydrogen) atoms. The fourth-order valence-electron chi connectivity index (χ4n) is 2.20. The molecule has 2 N–H and O–H groups in total. The molecule has 70 valence electrons. The van der Waals surface area contributed by atoms with E-state index < -0.39 is 0 Å². The summed E-state index contributed by atoms with van der Waals surface area (Å²) in [6, 6.07) is 8.37. The van der Waals surface area contributed by atoms with Crippen LogP contribution < -0.4 is 5.73 Å². The van der Waals surface area contributed by atoms with Gasteiger partial charge in [0.25, 0.3) is 0 Å². The summed E-state index contributed by atoms with van der Waals surface area (Å²) in [6.07, 6.45) is 2.24. The minimum atomic E-state index is -0.0416. The molecule has 1 fully saturated rings. The molecule has 1 aliphatic rings. The second-order valence-electron chi connectivity index (χ2n) is 4.18. The predicted octanol–water partition coefficient (Wildman–Crippen LogP) is 3.03. The molecule has 1 aliphatic carbocycles. The van der Waals surface area contributed by atoms with Crippen molar-refractivity contribution in [1.82, 2.24) is 0 Å². The van der Waals surface area contributed by atoms with E-state index in [0.29, 0.717) is 0 Å². The van der Waals surface area contributed by atoms with E-state index in [-0.39, 0.29) is 5.54 Å². The summed E-state index contributed by atoms with van der Waals surface area (Å²) < 4.78 is 1.12. The molecule has 0 saturated heterocycles. The maximum atomic E-state index is 6.25. The molecule has 1 saturated carbocycles. The molecule has 2 heteroatoms. The first-order chi connectivity index (χ1) is 6.10. The lowest BCUT2D eigenvalue weighted by molar-refractivity contribution is 0.164. The number of benzene rings is 1. The van der Waals surface area contributed by atoms with Gasteiger partial charge in [-0.15, -0.1) is 0 Å². The van der Waals surface area contributed by atoms with E-state index in [1.165, 1.54) is 5.56 Å². The van der Waals surface area contributed by atoms with Gasteiger partial charge in [0.15, 0.2) is 0 Å². The van der Waals surface area contributed by atoms with Crippen molar-refractivity contribution in [3.8, 4) is 0 Å². The zero-order valence-corrected chi connectivity index (χ0v) is 9.34. The molecule has 1 aromatic rings. The molecule has 1 aromatic carbocycles. The third-order valence-corrected chi connectivity index (χ3v) is 3.37. The van der Waals surface area contributed by atoms with E-state index in [1.54, 1.807) is 0 Å². The van der Waals surface area contributed by atoms with Gasteiger partial charge in [-0.05, 0) is 36.5 Å². The van der Waals surface area contributed by atoms with E-state index in [2.05, 4.69) is 47.1 Å². The fraction of sp³-hybridized carbons (Fsp3) is 0.455. The number of halogens is 1. The summed E-state index contributed by atoms with van der Waals surface area (Å²) in [4.78, 5) is 0. The van der Waals surface area contributed by atoms with E-state index >= 15 is 0 Å². The molecule has 0 aromatic heterocycles. The third kappa shape index (κ3) is 1.65. The number of hydrogen-bond donors (Lipinski definition) is 1. The van der Waals surface area contributed by atoms with Gasteiger partial charge >= 0.3 is 0 Å². The van der Waals surface area contributed by atoms with Crippen LogP contribution in [0.5, 0.6) is 0 Å². The van der Waals surface area contributed by atoms with Gasteiger partial charge in [0.2, 0.25) is 0 Å². The average molecular weight is 240 g/mol. The molecule has 0 spiro atoms. The molecule has 0 bridgehead atoms. The maximum Gasteiger partial charge on any atom is 0.0414 e. The number of nitrogens with two attached hydrogens (primary N) is 1. The monoisotopic (exact) mass is 239 g/mol. The van der Waals surface area contributed by atoms with Gasteiger partial charge in [-0.25, -0.2) is 0 Å². The zero-order chi connectivity index (χ0) is 9.47. The Hall–Kier alpha value is -0.340. The van der Waals surface area contributed by atoms with Crippen molar-refractivity contribution in [1.29, 1.82) is 0 Å². The predicted molar refractivity (Wildman–Crippen MR) is 58.4 cm³/mol. The molecule has 0 aliphatic heterocycles. The van der Waals surface area contributed by atoms with Crippen molar-refractivity contribution in [3.05, 3.63) is 34.3 Å². The first kappa shape index (κ1) is 9.22. The summed E-state index contributed by atoms with van der Waals surface area (Å²) in [6.45, 7) is 2.25. The molecular formula is C11H14BrN.